The highest BCUT2D eigenvalue weighted by atomic mass is 19.4. The molecule has 2 N–H and O–H groups in total. The fourth-order valence-electron chi connectivity index (χ4n) is 3.82. The zero-order chi connectivity index (χ0) is 24.4. The van der Waals surface area contributed by atoms with Gasteiger partial charge < -0.3 is 10.1 Å². The standard InChI is InChI=1S/C22H19F6N3O2/c1-30-20(32)12-4-6-16(7-5-12)33-11-15-9-17(19(31-15)22(26,27)28)13-2-3-14(10-29)18(8-13)21(23,24)25/h2-8,15,17,19,31H,9,11H2,1H3,(H,30,32). The van der Waals surface area contributed by atoms with Crippen LogP contribution < -0.4 is 15.4 Å². The Labute approximate surface area is 185 Å². The van der Waals surface area contributed by atoms with Crippen molar-refractivity contribution in [1.82, 2.24) is 10.6 Å². The molecule has 0 aliphatic carbocycles. The van der Waals surface area contributed by atoms with Gasteiger partial charge in [0.25, 0.3) is 5.91 Å². The van der Waals surface area contributed by atoms with E-state index in [-0.39, 0.29) is 24.5 Å². The third kappa shape index (κ3) is 5.57. The van der Waals surface area contributed by atoms with E-state index >= 15 is 0 Å². The molecule has 3 atom stereocenters. The quantitative estimate of drug-likeness (QED) is 0.635. The third-order valence-electron chi connectivity index (χ3n) is 5.40. The molecule has 1 aliphatic rings. The second-order valence-electron chi connectivity index (χ2n) is 7.55. The Morgan fingerprint density at radius 2 is 1.82 bits per heavy atom. The van der Waals surface area contributed by atoms with Gasteiger partial charge in [0.05, 0.1) is 17.2 Å². The largest absolute Gasteiger partial charge is 0.492 e. The summed E-state index contributed by atoms with van der Waals surface area (Å²) >= 11 is 0. The maximum atomic E-state index is 13.7. The molecular weight excluding hydrogens is 452 g/mol. The molecule has 0 saturated carbocycles. The van der Waals surface area contributed by atoms with Gasteiger partial charge >= 0.3 is 12.4 Å². The minimum absolute atomic E-state index is 0.121. The van der Waals surface area contributed by atoms with E-state index in [4.69, 9.17) is 10.00 Å². The summed E-state index contributed by atoms with van der Waals surface area (Å²) in [7, 11) is 1.47. The summed E-state index contributed by atoms with van der Waals surface area (Å²) < 4.78 is 86.3. The van der Waals surface area contributed by atoms with Crippen LogP contribution >= 0.6 is 0 Å². The van der Waals surface area contributed by atoms with E-state index in [2.05, 4.69) is 10.6 Å². The van der Waals surface area contributed by atoms with Crippen LogP contribution in [0.15, 0.2) is 42.5 Å². The van der Waals surface area contributed by atoms with E-state index in [1.54, 1.807) is 0 Å². The molecule has 0 bridgehead atoms. The van der Waals surface area contributed by atoms with Crippen LogP contribution in [0.5, 0.6) is 5.75 Å². The van der Waals surface area contributed by atoms with Crippen LogP contribution in [0.1, 0.15) is 39.4 Å². The van der Waals surface area contributed by atoms with Gasteiger partial charge in [-0.1, -0.05) is 6.07 Å². The lowest BCUT2D eigenvalue weighted by Crippen LogP contribution is -2.44. The lowest BCUT2D eigenvalue weighted by Gasteiger charge is -2.23. The molecule has 11 heteroatoms. The number of hydrogen-bond donors (Lipinski definition) is 2. The first-order chi connectivity index (χ1) is 15.4. The molecule has 1 aliphatic heterocycles. The van der Waals surface area contributed by atoms with Crippen LogP contribution in [0, 0.1) is 11.3 Å². The van der Waals surface area contributed by atoms with Crippen molar-refractivity contribution in [2.75, 3.05) is 13.7 Å². The topological polar surface area (TPSA) is 74.1 Å². The summed E-state index contributed by atoms with van der Waals surface area (Å²) in [6.45, 7) is -0.162. The number of benzene rings is 2. The van der Waals surface area contributed by atoms with Crippen LogP contribution in [0.3, 0.4) is 0 Å². The number of amides is 1. The molecule has 2 aromatic carbocycles. The average molecular weight is 471 g/mol. The fourth-order valence-corrected chi connectivity index (χ4v) is 3.82. The minimum Gasteiger partial charge on any atom is -0.492 e. The number of nitrogens with zero attached hydrogens (tertiary/aromatic N) is 1. The Morgan fingerprint density at radius 3 is 2.36 bits per heavy atom. The monoisotopic (exact) mass is 471 g/mol. The number of halogens is 6. The van der Waals surface area contributed by atoms with Crippen molar-refractivity contribution >= 4 is 5.91 Å². The van der Waals surface area contributed by atoms with Crippen molar-refractivity contribution in [3.05, 3.63) is 64.7 Å². The summed E-state index contributed by atoms with van der Waals surface area (Å²) in [6.07, 6.45) is -9.70. The highest BCUT2D eigenvalue weighted by Crippen LogP contribution is 2.42. The summed E-state index contributed by atoms with van der Waals surface area (Å²) in [6, 6.07) is 7.17. The van der Waals surface area contributed by atoms with Crippen LogP contribution in [-0.4, -0.2) is 37.8 Å². The third-order valence-corrected chi connectivity index (χ3v) is 5.40. The van der Waals surface area contributed by atoms with E-state index in [1.165, 1.54) is 37.4 Å². The zero-order valence-electron chi connectivity index (χ0n) is 17.2. The van der Waals surface area contributed by atoms with Gasteiger partial charge in [0.2, 0.25) is 0 Å². The van der Waals surface area contributed by atoms with Crippen LogP contribution in [-0.2, 0) is 6.18 Å². The molecule has 0 aromatic heterocycles. The molecule has 1 amide bonds. The molecule has 1 heterocycles. The van der Waals surface area contributed by atoms with Crippen molar-refractivity contribution in [2.45, 2.75) is 36.8 Å². The molecule has 0 radical (unpaired) electrons. The van der Waals surface area contributed by atoms with Gasteiger partial charge in [-0.3, -0.25) is 10.1 Å². The first-order valence-corrected chi connectivity index (χ1v) is 9.83. The smallest absolute Gasteiger partial charge is 0.417 e. The molecule has 5 nitrogen and oxygen atoms in total. The lowest BCUT2D eigenvalue weighted by molar-refractivity contribution is -0.156. The lowest BCUT2D eigenvalue weighted by atomic mass is 9.88. The molecule has 2 aromatic rings. The van der Waals surface area contributed by atoms with Gasteiger partial charge in [-0.2, -0.15) is 31.6 Å². The Bertz CT molecular complexity index is 1040. The van der Waals surface area contributed by atoms with Crippen LogP contribution in [0.2, 0.25) is 0 Å². The Hall–Kier alpha value is -3.26. The van der Waals surface area contributed by atoms with Gasteiger partial charge in [0, 0.05) is 24.6 Å². The maximum Gasteiger partial charge on any atom is 0.417 e. The fraction of sp³-hybridized carbons (Fsp3) is 0.364. The predicted octanol–water partition coefficient (Wildman–Crippen LogP) is 4.39. The van der Waals surface area contributed by atoms with Gasteiger partial charge in [0.15, 0.2) is 0 Å². The second kappa shape index (κ2) is 9.31. The molecular formula is C22H19F6N3O2. The Kier molecular flexibility index (Phi) is 6.88. The second-order valence-corrected chi connectivity index (χ2v) is 7.55. The number of nitriles is 1. The van der Waals surface area contributed by atoms with Crippen molar-refractivity contribution < 1.29 is 35.9 Å². The number of nitrogens with one attached hydrogen (secondary N) is 2. The van der Waals surface area contributed by atoms with Crippen LogP contribution in [0.4, 0.5) is 26.3 Å². The summed E-state index contributed by atoms with van der Waals surface area (Å²) in [5.41, 5.74) is -1.70. The van der Waals surface area contributed by atoms with Crippen molar-refractivity contribution in [2.24, 2.45) is 0 Å². The van der Waals surface area contributed by atoms with Crippen molar-refractivity contribution in [3.63, 3.8) is 0 Å². The van der Waals surface area contributed by atoms with E-state index < -0.39 is 41.5 Å². The molecule has 0 spiro atoms. The number of carbonyl (C=O) groups is 1. The van der Waals surface area contributed by atoms with Gasteiger partial charge in [-0.15, -0.1) is 0 Å². The molecule has 33 heavy (non-hydrogen) atoms. The number of ether oxygens (including phenoxy) is 1. The first kappa shape index (κ1) is 24.4. The molecule has 1 saturated heterocycles. The van der Waals surface area contributed by atoms with Crippen molar-refractivity contribution in [1.29, 1.82) is 5.26 Å². The normalized spacial score (nSPS) is 20.8. The maximum absolute atomic E-state index is 13.7. The number of alkyl halides is 6. The Balaban J connectivity index is 1.78. The summed E-state index contributed by atoms with van der Waals surface area (Å²) in [5, 5.41) is 13.8. The van der Waals surface area contributed by atoms with Crippen LogP contribution in [0.25, 0.3) is 0 Å². The average Bonchev–Trinajstić information content (AvgIpc) is 3.21. The van der Waals surface area contributed by atoms with Gasteiger partial charge in [-0.25, -0.2) is 0 Å². The highest BCUT2D eigenvalue weighted by molar-refractivity contribution is 5.94. The molecule has 3 rings (SSSR count). The van der Waals surface area contributed by atoms with E-state index in [9.17, 15) is 31.1 Å². The predicted molar refractivity (Wildman–Crippen MR) is 106 cm³/mol. The van der Waals surface area contributed by atoms with E-state index in [1.807, 2.05) is 0 Å². The summed E-state index contributed by atoms with van der Waals surface area (Å²) in [4.78, 5) is 11.6. The molecule has 3 unspecified atom stereocenters. The van der Waals surface area contributed by atoms with E-state index in [0.29, 0.717) is 17.4 Å². The summed E-state index contributed by atoms with van der Waals surface area (Å²) in [5.74, 6) is -1.27. The zero-order valence-corrected chi connectivity index (χ0v) is 17.2. The van der Waals surface area contributed by atoms with Gasteiger partial charge in [-0.05, 0) is 48.4 Å². The SMILES string of the molecule is CNC(=O)c1ccc(OCC2CC(c3ccc(C#N)c(C(F)(F)F)c3)C(C(F)(F)F)N2)cc1. The number of carbonyl (C=O) groups excluding carboxylic acids is 1. The van der Waals surface area contributed by atoms with Gasteiger partial charge in [0.1, 0.15) is 18.4 Å². The van der Waals surface area contributed by atoms with Crippen molar-refractivity contribution in [3.8, 4) is 11.8 Å². The number of rotatable bonds is 5. The molecule has 176 valence electrons. The molecule has 1 fully saturated rings. The minimum atomic E-state index is -4.87. The Morgan fingerprint density at radius 1 is 1.15 bits per heavy atom. The van der Waals surface area contributed by atoms with E-state index in [0.717, 1.165) is 12.1 Å². The first-order valence-electron chi connectivity index (χ1n) is 9.83. The number of hydrogen-bond acceptors (Lipinski definition) is 4. The highest BCUT2D eigenvalue weighted by Gasteiger charge is 2.51.